The highest BCUT2D eigenvalue weighted by atomic mass is 19.4. The van der Waals surface area contributed by atoms with Crippen LogP contribution in [0.25, 0.3) is 0 Å². The molecule has 3 N–H and O–H groups in total. The fraction of sp³-hybridized carbons (Fsp3) is 0.700. The molecule has 0 saturated heterocycles. The molecule has 1 aromatic heterocycles. The van der Waals surface area contributed by atoms with Crippen molar-refractivity contribution in [2.24, 2.45) is 5.73 Å². The number of hydrogen-bond acceptors (Lipinski definition) is 3. The van der Waals surface area contributed by atoms with Crippen LogP contribution in [0.2, 0.25) is 0 Å². The molecule has 1 atom stereocenters. The van der Waals surface area contributed by atoms with Gasteiger partial charge in [-0.15, -0.1) is 0 Å². The average molecular weight is 250 g/mol. The van der Waals surface area contributed by atoms with Gasteiger partial charge in [-0.1, -0.05) is 6.92 Å². The van der Waals surface area contributed by atoms with Gasteiger partial charge in [0.25, 0.3) is 0 Å². The fourth-order valence-corrected chi connectivity index (χ4v) is 1.60. The maximum absolute atomic E-state index is 12.1. The van der Waals surface area contributed by atoms with E-state index in [4.69, 9.17) is 5.73 Å². The average Bonchev–Trinajstić information content (AvgIpc) is 2.66. The Labute approximate surface area is 98.0 Å². The van der Waals surface area contributed by atoms with Crippen LogP contribution in [0, 0.1) is 0 Å². The molecule has 0 radical (unpaired) electrons. The van der Waals surface area contributed by atoms with Crippen molar-refractivity contribution in [1.29, 1.82) is 0 Å². The highest BCUT2D eigenvalue weighted by Gasteiger charge is 2.28. The van der Waals surface area contributed by atoms with Gasteiger partial charge in [-0.05, 0) is 6.42 Å². The number of alkyl halides is 3. The second-order valence-corrected chi connectivity index (χ2v) is 3.80. The summed E-state index contributed by atoms with van der Waals surface area (Å²) < 4.78 is 38.2. The third-order valence-corrected chi connectivity index (χ3v) is 2.35. The Kier molecular flexibility index (Phi) is 4.95. The summed E-state index contributed by atoms with van der Waals surface area (Å²) in [5.74, 6) is 0. The van der Waals surface area contributed by atoms with Gasteiger partial charge >= 0.3 is 6.18 Å². The first-order valence-electron chi connectivity index (χ1n) is 5.48. The zero-order valence-corrected chi connectivity index (χ0v) is 9.67. The van der Waals surface area contributed by atoms with Crippen LogP contribution < -0.4 is 11.1 Å². The Morgan fingerprint density at radius 3 is 2.76 bits per heavy atom. The van der Waals surface area contributed by atoms with E-state index in [-0.39, 0.29) is 6.54 Å². The monoisotopic (exact) mass is 250 g/mol. The van der Waals surface area contributed by atoms with E-state index in [9.17, 15) is 13.2 Å². The summed E-state index contributed by atoms with van der Waals surface area (Å²) in [5.41, 5.74) is 6.18. The zero-order chi connectivity index (χ0) is 12.9. The molecule has 0 aliphatic rings. The van der Waals surface area contributed by atoms with E-state index >= 15 is 0 Å². The molecule has 1 rings (SSSR count). The highest BCUT2D eigenvalue weighted by Crippen LogP contribution is 2.17. The number of imidazole rings is 1. The Bertz CT molecular complexity index is 335. The van der Waals surface area contributed by atoms with Crippen LogP contribution in [0.3, 0.4) is 0 Å². The highest BCUT2D eigenvalue weighted by molar-refractivity contribution is 5.06. The number of halogens is 3. The first-order valence-corrected chi connectivity index (χ1v) is 5.48. The van der Waals surface area contributed by atoms with Crippen molar-refractivity contribution in [2.45, 2.75) is 32.1 Å². The molecule has 0 spiro atoms. The van der Waals surface area contributed by atoms with Crippen molar-refractivity contribution in [2.75, 3.05) is 13.1 Å². The lowest BCUT2D eigenvalue weighted by Crippen LogP contribution is -2.36. The van der Waals surface area contributed by atoms with Crippen molar-refractivity contribution in [3.8, 4) is 0 Å². The maximum Gasteiger partial charge on any atom is 0.401 e. The summed E-state index contributed by atoms with van der Waals surface area (Å²) in [4.78, 5) is 3.94. The SMILES string of the molecule is CCCn1cncc1C(CN)NCC(F)(F)F. The number of nitrogens with two attached hydrogens (primary N) is 1. The van der Waals surface area contributed by atoms with E-state index in [1.54, 1.807) is 12.5 Å². The molecular weight excluding hydrogens is 233 g/mol. The summed E-state index contributed by atoms with van der Waals surface area (Å²) in [7, 11) is 0. The summed E-state index contributed by atoms with van der Waals surface area (Å²) in [6.45, 7) is 1.77. The molecule has 1 aromatic rings. The van der Waals surface area contributed by atoms with Crippen molar-refractivity contribution < 1.29 is 13.2 Å². The lowest BCUT2D eigenvalue weighted by Gasteiger charge is -2.19. The topological polar surface area (TPSA) is 55.9 Å². The summed E-state index contributed by atoms with van der Waals surface area (Å²) >= 11 is 0. The third-order valence-electron chi connectivity index (χ3n) is 2.35. The molecule has 7 heteroatoms. The number of hydrogen-bond donors (Lipinski definition) is 2. The normalized spacial score (nSPS) is 13.9. The predicted octanol–water partition coefficient (Wildman–Crippen LogP) is 1.44. The van der Waals surface area contributed by atoms with Crippen LogP contribution in [0.15, 0.2) is 12.5 Å². The zero-order valence-electron chi connectivity index (χ0n) is 9.67. The molecule has 0 bridgehead atoms. The van der Waals surface area contributed by atoms with Crippen LogP contribution in [-0.4, -0.2) is 28.8 Å². The van der Waals surface area contributed by atoms with E-state index in [2.05, 4.69) is 10.3 Å². The van der Waals surface area contributed by atoms with E-state index < -0.39 is 18.8 Å². The molecule has 98 valence electrons. The Balaban J connectivity index is 2.69. The van der Waals surface area contributed by atoms with Crippen LogP contribution >= 0.6 is 0 Å². The Morgan fingerprint density at radius 2 is 2.24 bits per heavy atom. The van der Waals surface area contributed by atoms with E-state index in [0.717, 1.165) is 13.0 Å². The van der Waals surface area contributed by atoms with Crippen molar-refractivity contribution in [1.82, 2.24) is 14.9 Å². The van der Waals surface area contributed by atoms with E-state index in [1.807, 2.05) is 11.5 Å². The number of aryl methyl sites for hydroxylation is 1. The van der Waals surface area contributed by atoms with Gasteiger partial charge in [-0.3, -0.25) is 5.32 Å². The second kappa shape index (κ2) is 6.02. The van der Waals surface area contributed by atoms with Crippen molar-refractivity contribution >= 4 is 0 Å². The first kappa shape index (κ1) is 14.0. The molecule has 1 unspecified atom stereocenters. The van der Waals surface area contributed by atoms with E-state index in [1.165, 1.54) is 0 Å². The quantitative estimate of drug-likeness (QED) is 0.803. The summed E-state index contributed by atoms with van der Waals surface area (Å²) in [6, 6.07) is -0.523. The van der Waals surface area contributed by atoms with Crippen molar-refractivity contribution in [3.63, 3.8) is 0 Å². The molecule has 0 fully saturated rings. The molecular formula is C10H17F3N4. The molecule has 17 heavy (non-hydrogen) atoms. The maximum atomic E-state index is 12.1. The van der Waals surface area contributed by atoms with E-state index in [0.29, 0.717) is 5.69 Å². The minimum atomic E-state index is -4.23. The smallest absolute Gasteiger partial charge is 0.333 e. The molecule has 0 aromatic carbocycles. The second-order valence-electron chi connectivity index (χ2n) is 3.80. The van der Waals surface area contributed by atoms with Crippen molar-refractivity contribution in [3.05, 3.63) is 18.2 Å². The van der Waals surface area contributed by atoms with Crippen LogP contribution in [0.1, 0.15) is 25.1 Å². The van der Waals surface area contributed by atoms with Crippen LogP contribution in [0.5, 0.6) is 0 Å². The first-order chi connectivity index (χ1) is 7.98. The Hall–Kier alpha value is -1.08. The molecule has 0 amide bonds. The molecule has 0 aliphatic carbocycles. The fourth-order valence-electron chi connectivity index (χ4n) is 1.60. The molecule has 1 heterocycles. The number of rotatable bonds is 6. The standard InChI is InChI=1S/C10H17F3N4/c1-2-3-17-7-15-5-9(17)8(4-14)16-6-10(11,12)13/h5,7-8,16H,2-4,6,14H2,1H3. The number of nitrogens with one attached hydrogen (secondary N) is 1. The lowest BCUT2D eigenvalue weighted by molar-refractivity contribution is -0.126. The van der Waals surface area contributed by atoms with Gasteiger partial charge in [-0.25, -0.2) is 4.98 Å². The summed E-state index contributed by atoms with van der Waals surface area (Å²) in [5, 5.41) is 2.40. The molecule has 4 nitrogen and oxygen atoms in total. The number of aromatic nitrogens is 2. The van der Waals surface area contributed by atoms with Gasteiger partial charge in [-0.2, -0.15) is 13.2 Å². The molecule has 0 saturated carbocycles. The van der Waals surface area contributed by atoms with Crippen LogP contribution in [-0.2, 0) is 6.54 Å². The van der Waals surface area contributed by atoms with Gasteiger partial charge in [0.05, 0.1) is 24.6 Å². The van der Waals surface area contributed by atoms with Gasteiger partial charge < -0.3 is 10.3 Å². The Morgan fingerprint density at radius 1 is 1.53 bits per heavy atom. The van der Waals surface area contributed by atoms with Crippen LogP contribution in [0.4, 0.5) is 13.2 Å². The van der Waals surface area contributed by atoms with Gasteiger partial charge in [0, 0.05) is 19.3 Å². The summed E-state index contributed by atoms with van der Waals surface area (Å²) in [6.07, 6.45) is -0.184. The third kappa shape index (κ3) is 4.35. The minimum Gasteiger partial charge on any atom is -0.333 e. The van der Waals surface area contributed by atoms with Gasteiger partial charge in [0.15, 0.2) is 0 Å². The largest absolute Gasteiger partial charge is 0.401 e. The van der Waals surface area contributed by atoms with Gasteiger partial charge in [0.2, 0.25) is 0 Å². The predicted molar refractivity (Wildman–Crippen MR) is 58.4 cm³/mol. The molecule has 0 aliphatic heterocycles. The number of nitrogens with zero attached hydrogens (tertiary/aromatic N) is 2. The van der Waals surface area contributed by atoms with Gasteiger partial charge in [0.1, 0.15) is 0 Å². The lowest BCUT2D eigenvalue weighted by atomic mass is 10.2. The minimum absolute atomic E-state index is 0.103.